The van der Waals surface area contributed by atoms with Gasteiger partial charge in [-0.3, -0.25) is 4.79 Å². The highest BCUT2D eigenvalue weighted by Gasteiger charge is 2.42. The average molecular weight is 398 g/mol. The Morgan fingerprint density at radius 1 is 1.21 bits per heavy atom. The Morgan fingerprint density at radius 3 is 2.55 bits per heavy atom. The first-order chi connectivity index (χ1) is 14.0. The van der Waals surface area contributed by atoms with Gasteiger partial charge >= 0.3 is 0 Å². The second kappa shape index (κ2) is 7.51. The first kappa shape index (κ1) is 19.4. The van der Waals surface area contributed by atoms with Crippen molar-refractivity contribution < 1.29 is 19.0 Å². The highest BCUT2D eigenvalue weighted by molar-refractivity contribution is 5.95. The quantitative estimate of drug-likeness (QED) is 0.845. The molecule has 8 nitrogen and oxygen atoms in total. The monoisotopic (exact) mass is 398 g/mol. The van der Waals surface area contributed by atoms with Crippen molar-refractivity contribution in [2.75, 3.05) is 39.6 Å². The molecule has 0 bridgehead atoms. The van der Waals surface area contributed by atoms with Gasteiger partial charge in [-0.1, -0.05) is 0 Å². The van der Waals surface area contributed by atoms with Gasteiger partial charge in [0.15, 0.2) is 11.5 Å². The van der Waals surface area contributed by atoms with Gasteiger partial charge < -0.3 is 24.8 Å². The molecule has 1 fully saturated rings. The number of carbonyl (C=O) groups excluding carboxylic acids is 1. The number of nitrogens with zero attached hydrogens (tertiary/aromatic N) is 3. The van der Waals surface area contributed by atoms with Crippen LogP contribution in [-0.2, 0) is 16.8 Å². The number of nitrogens with two attached hydrogens (primary N) is 1. The number of aromatic nitrogens is 2. The molecule has 2 aliphatic rings. The van der Waals surface area contributed by atoms with E-state index in [2.05, 4.69) is 9.97 Å². The van der Waals surface area contributed by atoms with E-state index in [1.165, 1.54) is 11.8 Å². The van der Waals surface area contributed by atoms with Crippen molar-refractivity contribution in [3.63, 3.8) is 0 Å². The van der Waals surface area contributed by atoms with E-state index in [9.17, 15) is 4.79 Å². The number of nitrogen functional groups attached to an aromatic ring is 1. The summed E-state index contributed by atoms with van der Waals surface area (Å²) in [5, 5.41) is 0. The second-order valence-electron chi connectivity index (χ2n) is 7.48. The van der Waals surface area contributed by atoms with Gasteiger partial charge in [0.25, 0.3) is 5.91 Å². The molecule has 0 saturated carbocycles. The van der Waals surface area contributed by atoms with Gasteiger partial charge in [0.2, 0.25) is 5.95 Å². The van der Waals surface area contributed by atoms with E-state index in [-0.39, 0.29) is 11.9 Å². The molecule has 2 N–H and O–H groups in total. The van der Waals surface area contributed by atoms with E-state index in [0.717, 1.165) is 30.6 Å². The van der Waals surface area contributed by atoms with Crippen LogP contribution in [0.2, 0.25) is 0 Å². The highest BCUT2D eigenvalue weighted by Crippen LogP contribution is 2.45. The number of hydrogen-bond donors (Lipinski definition) is 1. The summed E-state index contributed by atoms with van der Waals surface area (Å²) in [5.74, 6) is 1.54. The Labute approximate surface area is 170 Å². The topological polar surface area (TPSA) is 99.8 Å². The van der Waals surface area contributed by atoms with Crippen LogP contribution in [0.4, 0.5) is 5.95 Å². The summed E-state index contributed by atoms with van der Waals surface area (Å²) in [6, 6.07) is 4.08. The Balaban J connectivity index is 1.57. The van der Waals surface area contributed by atoms with Crippen LogP contribution in [0.15, 0.2) is 18.3 Å². The largest absolute Gasteiger partial charge is 0.493 e. The molecule has 3 heterocycles. The molecule has 1 aromatic carbocycles. The summed E-state index contributed by atoms with van der Waals surface area (Å²) < 4.78 is 17.3. The Kier molecular flexibility index (Phi) is 5.04. The molecule has 2 aliphatic heterocycles. The van der Waals surface area contributed by atoms with Gasteiger partial charge in [-0.25, -0.2) is 9.97 Å². The molecule has 0 aliphatic carbocycles. The molecule has 0 radical (unpaired) electrons. The van der Waals surface area contributed by atoms with Crippen molar-refractivity contribution in [1.82, 2.24) is 14.9 Å². The van der Waals surface area contributed by atoms with E-state index < -0.39 is 5.60 Å². The van der Waals surface area contributed by atoms with E-state index >= 15 is 0 Å². The number of benzene rings is 1. The van der Waals surface area contributed by atoms with Crippen molar-refractivity contribution in [1.29, 1.82) is 0 Å². The summed E-state index contributed by atoms with van der Waals surface area (Å²) in [6.07, 6.45) is 3.78. The highest BCUT2D eigenvalue weighted by atomic mass is 16.5. The second-order valence-corrected chi connectivity index (χ2v) is 7.48. The molecule has 0 atom stereocenters. The fraction of sp³-hybridized carbons (Fsp3) is 0.476. The number of anilines is 1. The molecule has 2 aromatic rings. The van der Waals surface area contributed by atoms with Crippen LogP contribution < -0.4 is 15.2 Å². The maximum absolute atomic E-state index is 13.0. The zero-order valence-corrected chi connectivity index (χ0v) is 17.0. The molecule has 1 saturated heterocycles. The minimum Gasteiger partial charge on any atom is -0.493 e. The third-order valence-electron chi connectivity index (χ3n) is 5.94. The lowest BCUT2D eigenvalue weighted by Gasteiger charge is -2.45. The van der Waals surface area contributed by atoms with Crippen molar-refractivity contribution in [3.8, 4) is 11.5 Å². The predicted molar refractivity (Wildman–Crippen MR) is 107 cm³/mol. The third kappa shape index (κ3) is 3.37. The van der Waals surface area contributed by atoms with Gasteiger partial charge in [0.05, 0.1) is 37.7 Å². The molecule has 154 valence electrons. The summed E-state index contributed by atoms with van der Waals surface area (Å²) in [4.78, 5) is 22.9. The molecule has 0 unspecified atom stereocenters. The van der Waals surface area contributed by atoms with Gasteiger partial charge in [0, 0.05) is 19.3 Å². The normalized spacial score (nSPS) is 17.7. The predicted octanol–water partition coefficient (Wildman–Crippen LogP) is 2.09. The maximum atomic E-state index is 13.0. The first-order valence-electron chi connectivity index (χ1n) is 9.75. The van der Waals surface area contributed by atoms with Crippen LogP contribution in [0, 0.1) is 6.92 Å². The molecule has 29 heavy (non-hydrogen) atoms. The van der Waals surface area contributed by atoms with Crippen molar-refractivity contribution in [2.45, 2.75) is 31.8 Å². The third-order valence-corrected chi connectivity index (χ3v) is 5.94. The number of carbonyl (C=O) groups is 1. The number of hydrogen-bond acceptors (Lipinski definition) is 7. The molecule has 1 amide bonds. The van der Waals surface area contributed by atoms with Crippen LogP contribution in [0.5, 0.6) is 11.5 Å². The molecule has 8 heteroatoms. The number of aryl methyl sites for hydroxylation is 1. The lowest BCUT2D eigenvalue weighted by Crippen LogP contribution is -2.48. The van der Waals surface area contributed by atoms with E-state index in [4.69, 9.17) is 19.9 Å². The maximum Gasteiger partial charge on any atom is 0.257 e. The summed E-state index contributed by atoms with van der Waals surface area (Å²) >= 11 is 0. The minimum atomic E-state index is -0.406. The minimum absolute atomic E-state index is 0.0688. The smallest absolute Gasteiger partial charge is 0.257 e. The van der Waals surface area contributed by atoms with Gasteiger partial charge in [-0.05, 0) is 49.4 Å². The van der Waals surface area contributed by atoms with E-state index in [1.807, 2.05) is 17.0 Å². The number of ether oxygens (including phenoxy) is 3. The van der Waals surface area contributed by atoms with Crippen molar-refractivity contribution in [3.05, 3.63) is 40.7 Å². The summed E-state index contributed by atoms with van der Waals surface area (Å²) in [7, 11) is 3.28. The Bertz CT molecular complexity index is 939. The SMILES string of the molecule is COc1cc2c(cc1OC)C1(CCN(C(=O)c3cnc(N)nc3C)CC1)OCC2. The zero-order valence-electron chi connectivity index (χ0n) is 17.0. The van der Waals surface area contributed by atoms with Gasteiger partial charge in [0.1, 0.15) is 0 Å². The van der Waals surface area contributed by atoms with Crippen molar-refractivity contribution in [2.24, 2.45) is 0 Å². The van der Waals surface area contributed by atoms with Crippen LogP contribution in [0.25, 0.3) is 0 Å². The summed E-state index contributed by atoms with van der Waals surface area (Å²) in [6.45, 7) is 3.62. The van der Waals surface area contributed by atoms with Crippen LogP contribution in [0.1, 0.15) is 40.0 Å². The number of likely N-dealkylation sites (tertiary alicyclic amines) is 1. The molecule has 4 rings (SSSR count). The van der Waals surface area contributed by atoms with Gasteiger partial charge in [-0.15, -0.1) is 0 Å². The number of rotatable bonds is 3. The lowest BCUT2D eigenvalue weighted by molar-refractivity contribution is -0.0936. The number of fused-ring (bicyclic) bond motifs is 2. The molecular weight excluding hydrogens is 372 g/mol. The lowest BCUT2D eigenvalue weighted by atomic mass is 9.79. The van der Waals surface area contributed by atoms with E-state index in [1.54, 1.807) is 21.1 Å². The van der Waals surface area contributed by atoms with Crippen LogP contribution in [0.3, 0.4) is 0 Å². The molecule has 1 aromatic heterocycles. The van der Waals surface area contributed by atoms with E-state index in [0.29, 0.717) is 36.7 Å². The fourth-order valence-corrected chi connectivity index (χ4v) is 4.34. The summed E-state index contributed by atoms with van der Waals surface area (Å²) in [5.41, 5.74) is 8.65. The van der Waals surface area contributed by atoms with Crippen molar-refractivity contribution >= 4 is 11.9 Å². The van der Waals surface area contributed by atoms with Crippen LogP contribution in [-0.4, -0.2) is 54.7 Å². The number of amides is 1. The molecular formula is C21H26N4O4. The van der Waals surface area contributed by atoms with Gasteiger partial charge in [-0.2, -0.15) is 0 Å². The fourth-order valence-electron chi connectivity index (χ4n) is 4.34. The molecule has 1 spiro atoms. The number of methoxy groups -OCH3 is 2. The zero-order chi connectivity index (χ0) is 20.6. The Hall–Kier alpha value is -2.87. The van der Waals surface area contributed by atoms with Crippen LogP contribution >= 0.6 is 0 Å². The first-order valence-corrected chi connectivity index (χ1v) is 9.75. The number of piperidine rings is 1. The Morgan fingerprint density at radius 2 is 1.90 bits per heavy atom. The average Bonchev–Trinajstić information content (AvgIpc) is 2.73. The standard InChI is InChI=1S/C21H26N4O4/c1-13-15(12-23-20(22)24-13)19(26)25-7-5-21(6-8-25)16-11-18(28-3)17(27-2)10-14(16)4-9-29-21/h10-12H,4-9H2,1-3H3,(H2,22,23,24).